The summed E-state index contributed by atoms with van der Waals surface area (Å²) in [7, 11) is 0. The molecule has 0 spiro atoms. The molecule has 1 heteroatoms. The Hall–Kier alpha value is -0.560. The molecule has 0 saturated heterocycles. The molecule has 0 unspecified atom stereocenters. The Bertz CT molecular complexity index is 145. The van der Waals surface area contributed by atoms with Crippen LogP contribution in [0.4, 0.5) is 0 Å². The van der Waals surface area contributed by atoms with E-state index in [-0.39, 0.29) is 0 Å². The second-order valence-electron chi connectivity index (χ2n) is 2.44. The SMILES string of the molecule is OCCCC1=CC[CH]C=C1. The van der Waals surface area contributed by atoms with E-state index in [9.17, 15) is 0 Å². The molecule has 1 aliphatic rings. The molecule has 1 nitrogen and oxygen atoms in total. The van der Waals surface area contributed by atoms with Gasteiger partial charge in [-0.1, -0.05) is 23.8 Å². The number of hydrogen-bond donors (Lipinski definition) is 1. The van der Waals surface area contributed by atoms with Crippen LogP contribution >= 0.6 is 0 Å². The van der Waals surface area contributed by atoms with E-state index in [1.165, 1.54) is 5.57 Å². The lowest BCUT2D eigenvalue weighted by Gasteiger charge is -2.04. The fraction of sp³-hybridized carbons (Fsp3) is 0.444. The molecule has 0 aliphatic heterocycles. The van der Waals surface area contributed by atoms with E-state index in [1.807, 2.05) is 0 Å². The third-order valence-corrected chi connectivity index (χ3v) is 1.59. The molecule has 0 bridgehead atoms. The van der Waals surface area contributed by atoms with Crippen LogP contribution < -0.4 is 0 Å². The Labute approximate surface area is 62.1 Å². The van der Waals surface area contributed by atoms with E-state index >= 15 is 0 Å². The first-order valence-corrected chi connectivity index (χ1v) is 3.73. The Morgan fingerprint density at radius 3 is 3.00 bits per heavy atom. The molecule has 0 aromatic heterocycles. The van der Waals surface area contributed by atoms with E-state index in [0.717, 1.165) is 19.3 Å². The van der Waals surface area contributed by atoms with Crippen molar-refractivity contribution in [3.63, 3.8) is 0 Å². The van der Waals surface area contributed by atoms with Crippen LogP contribution in [0.1, 0.15) is 19.3 Å². The summed E-state index contributed by atoms with van der Waals surface area (Å²) in [6.07, 6.45) is 11.5. The Morgan fingerprint density at radius 1 is 1.50 bits per heavy atom. The fourth-order valence-corrected chi connectivity index (χ4v) is 1.03. The van der Waals surface area contributed by atoms with Gasteiger partial charge in [-0.25, -0.2) is 0 Å². The maximum Gasteiger partial charge on any atom is 0.0434 e. The monoisotopic (exact) mass is 137 g/mol. The van der Waals surface area contributed by atoms with Crippen LogP contribution in [-0.4, -0.2) is 11.7 Å². The molecule has 0 aromatic carbocycles. The van der Waals surface area contributed by atoms with Gasteiger partial charge in [-0.2, -0.15) is 0 Å². The van der Waals surface area contributed by atoms with Crippen LogP contribution in [0.2, 0.25) is 0 Å². The van der Waals surface area contributed by atoms with Crippen molar-refractivity contribution in [1.29, 1.82) is 0 Å². The third-order valence-electron chi connectivity index (χ3n) is 1.59. The smallest absolute Gasteiger partial charge is 0.0434 e. The molecule has 1 radical (unpaired) electrons. The van der Waals surface area contributed by atoms with Gasteiger partial charge in [-0.15, -0.1) is 0 Å². The van der Waals surface area contributed by atoms with Gasteiger partial charge in [0.15, 0.2) is 0 Å². The number of aliphatic hydroxyl groups excluding tert-OH is 1. The second kappa shape index (κ2) is 4.29. The van der Waals surface area contributed by atoms with Crippen molar-refractivity contribution in [3.05, 3.63) is 30.2 Å². The van der Waals surface area contributed by atoms with Crippen LogP contribution in [0.5, 0.6) is 0 Å². The van der Waals surface area contributed by atoms with E-state index in [0.29, 0.717) is 6.61 Å². The summed E-state index contributed by atoms with van der Waals surface area (Å²) >= 11 is 0. The van der Waals surface area contributed by atoms with Crippen molar-refractivity contribution >= 4 is 0 Å². The predicted octanol–water partition coefficient (Wildman–Crippen LogP) is 1.85. The minimum atomic E-state index is 0.300. The predicted molar refractivity (Wildman–Crippen MR) is 42.5 cm³/mol. The molecular formula is C9H13O. The Morgan fingerprint density at radius 2 is 2.40 bits per heavy atom. The molecule has 0 atom stereocenters. The van der Waals surface area contributed by atoms with E-state index < -0.39 is 0 Å². The van der Waals surface area contributed by atoms with Crippen LogP contribution in [0.15, 0.2) is 23.8 Å². The molecule has 0 amide bonds. The van der Waals surface area contributed by atoms with Gasteiger partial charge < -0.3 is 5.11 Å². The standard InChI is InChI=1S/C9H13O/c10-8-4-7-9-5-2-1-3-6-9/h1-2,5-6,10H,3-4,7-8H2. The quantitative estimate of drug-likeness (QED) is 0.629. The van der Waals surface area contributed by atoms with Crippen LogP contribution in [0.3, 0.4) is 0 Å². The lowest BCUT2D eigenvalue weighted by molar-refractivity contribution is 0.289. The highest BCUT2D eigenvalue weighted by molar-refractivity contribution is 5.26. The highest BCUT2D eigenvalue weighted by atomic mass is 16.2. The van der Waals surface area contributed by atoms with Crippen LogP contribution in [-0.2, 0) is 0 Å². The fourth-order valence-electron chi connectivity index (χ4n) is 1.03. The number of hydrogen-bond acceptors (Lipinski definition) is 1. The van der Waals surface area contributed by atoms with Gasteiger partial charge >= 0.3 is 0 Å². The molecule has 1 aliphatic carbocycles. The largest absolute Gasteiger partial charge is 0.396 e. The zero-order valence-electron chi connectivity index (χ0n) is 6.09. The van der Waals surface area contributed by atoms with Crippen molar-refractivity contribution < 1.29 is 5.11 Å². The zero-order chi connectivity index (χ0) is 7.23. The summed E-state index contributed by atoms with van der Waals surface area (Å²) in [5.41, 5.74) is 1.36. The van der Waals surface area contributed by atoms with Crippen molar-refractivity contribution in [1.82, 2.24) is 0 Å². The van der Waals surface area contributed by atoms with E-state index in [1.54, 1.807) is 0 Å². The molecule has 0 saturated carbocycles. The number of aliphatic hydroxyl groups is 1. The maximum atomic E-state index is 8.54. The van der Waals surface area contributed by atoms with Gasteiger partial charge in [0.2, 0.25) is 0 Å². The number of rotatable bonds is 3. The lowest BCUT2D eigenvalue weighted by Crippen LogP contribution is -1.88. The van der Waals surface area contributed by atoms with Crippen molar-refractivity contribution in [2.24, 2.45) is 0 Å². The molecule has 0 fully saturated rings. The summed E-state index contributed by atoms with van der Waals surface area (Å²) in [5, 5.41) is 8.54. The first kappa shape index (κ1) is 7.55. The Balaban J connectivity index is 2.26. The molecule has 1 N–H and O–H groups in total. The van der Waals surface area contributed by atoms with Gasteiger partial charge in [-0.3, -0.25) is 0 Å². The summed E-state index contributed by atoms with van der Waals surface area (Å²) in [6, 6.07) is 0. The van der Waals surface area contributed by atoms with Crippen molar-refractivity contribution in [2.45, 2.75) is 19.3 Å². The normalized spacial score (nSPS) is 17.1. The van der Waals surface area contributed by atoms with Gasteiger partial charge in [0.05, 0.1) is 0 Å². The van der Waals surface area contributed by atoms with Gasteiger partial charge in [0, 0.05) is 6.61 Å². The first-order chi connectivity index (χ1) is 4.93. The molecule has 55 valence electrons. The van der Waals surface area contributed by atoms with E-state index in [2.05, 4.69) is 24.6 Å². The molecular weight excluding hydrogens is 124 g/mol. The minimum absolute atomic E-state index is 0.300. The summed E-state index contributed by atoms with van der Waals surface area (Å²) in [4.78, 5) is 0. The third kappa shape index (κ3) is 2.36. The highest BCUT2D eigenvalue weighted by Gasteiger charge is 1.95. The molecule has 10 heavy (non-hydrogen) atoms. The van der Waals surface area contributed by atoms with Crippen molar-refractivity contribution in [2.75, 3.05) is 6.61 Å². The van der Waals surface area contributed by atoms with Gasteiger partial charge in [0.25, 0.3) is 0 Å². The zero-order valence-corrected chi connectivity index (χ0v) is 6.09. The Kier molecular flexibility index (Phi) is 3.23. The first-order valence-electron chi connectivity index (χ1n) is 3.73. The summed E-state index contributed by atoms with van der Waals surface area (Å²) in [6.45, 7) is 0.300. The van der Waals surface area contributed by atoms with Gasteiger partial charge in [-0.05, 0) is 25.7 Å². The van der Waals surface area contributed by atoms with Gasteiger partial charge in [0.1, 0.15) is 0 Å². The van der Waals surface area contributed by atoms with Crippen molar-refractivity contribution in [3.8, 4) is 0 Å². The average molecular weight is 137 g/mol. The molecule has 0 aromatic rings. The van der Waals surface area contributed by atoms with Crippen LogP contribution in [0, 0.1) is 6.42 Å². The summed E-state index contributed by atoms with van der Waals surface area (Å²) < 4.78 is 0. The average Bonchev–Trinajstić information content (AvgIpc) is 2.03. The second-order valence-corrected chi connectivity index (χ2v) is 2.44. The lowest BCUT2D eigenvalue weighted by atomic mass is 10.0. The summed E-state index contributed by atoms with van der Waals surface area (Å²) in [5.74, 6) is 0. The van der Waals surface area contributed by atoms with Crippen LogP contribution in [0.25, 0.3) is 0 Å². The highest BCUT2D eigenvalue weighted by Crippen LogP contribution is 2.13. The van der Waals surface area contributed by atoms with E-state index in [4.69, 9.17) is 5.11 Å². The molecule has 0 heterocycles. The maximum absolute atomic E-state index is 8.54. The molecule has 1 rings (SSSR count). The minimum Gasteiger partial charge on any atom is -0.396 e. The topological polar surface area (TPSA) is 20.2 Å². The number of allylic oxidation sites excluding steroid dienone is 4.